The summed E-state index contributed by atoms with van der Waals surface area (Å²) in [6.45, 7) is 2.04. The topological polar surface area (TPSA) is 49.0 Å². The van der Waals surface area contributed by atoms with Gasteiger partial charge in [0.1, 0.15) is 0 Å². The van der Waals surface area contributed by atoms with Gasteiger partial charge in [0.25, 0.3) is 5.91 Å². The molecule has 3 rings (SSSR count). The Hall–Kier alpha value is -2.14. The van der Waals surface area contributed by atoms with Crippen molar-refractivity contribution in [3.8, 4) is 0 Å². The summed E-state index contributed by atoms with van der Waals surface area (Å²) in [5.74, 6) is 0.000694. The minimum Gasteiger partial charge on any atom is -0.334 e. The van der Waals surface area contributed by atoms with Gasteiger partial charge in [0, 0.05) is 17.3 Å². The molecule has 2 heterocycles. The lowest BCUT2D eigenvalue weighted by Gasteiger charge is -2.24. The van der Waals surface area contributed by atoms with E-state index in [2.05, 4.69) is 16.3 Å². The van der Waals surface area contributed by atoms with Crippen molar-refractivity contribution in [1.82, 2.24) is 15.1 Å². The molecule has 1 atom stereocenters. The zero-order valence-corrected chi connectivity index (χ0v) is 12.1. The molecule has 0 aliphatic carbocycles. The summed E-state index contributed by atoms with van der Waals surface area (Å²) >= 11 is 1.66. The lowest BCUT2D eigenvalue weighted by molar-refractivity contribution is 0.0746. The summed E-state index contributed by atoms with van der Waals surface area (Å²) in [7, 11) is 1.84. The van der Waals surface area contributed by atoms with Crippen molar-refractivity contribution in [3.05, 3.63) is 52.3 Å². The van der Waals surface area contributed by atoms with E-state index in [-0.39, 0.29) is 11.9 Å². The fraction of sp³-hybridized carbons (Fsp3) is 0.200. The zero-order valence-electron chi connectivity index (χ0n) is 11.3. The van der Waals surface area contributed by atoms with E-state index in [9.17, 15) is 4.79 Å². The van der Waals surface area contributed by atoms with Crippen LogP contribution in [0.3, 0.4) is 0 Å². The molecule has 0 fully saturated rings. The first kappa shape index (κ1) is 12.9. The quantitative estimate of drug-likeness (QED) is 0.801. The maximum atomic E-state index is 12.7. The number of nitrogens with one attached hydrogen (secondary N) is 1. The molecular formula is C15H15N3OS. The maximum absolute atomic E-state index is 12.7. The summed E-state index contributed by atoms with van der Waals surface area (Å²) in [4.78, 5) is 15.6. The van der Waals surface area contributed by atoms with Crippen LogP contribution in [0.4, 0.5) is 0 Å². The molecule has 20 heavy (non-hydrogen) atoms. The first-order chi connectivity index (χ1) is 9.68. The van der Waals surface area contributed by atoms with Gasteiger partial charge in [-0.3, -0.25) is 9.89 Å². The number of benzene rings is 1. The van der Waals surface area contributed by atoms with Gasteiger partial charge in [-0.2, -0.15) is 5.10 Å². The Balaban J connectivity index is 1.94. The maximum Gasteiger partial charge on any atom is 0.256 e. The summed E-state index contributed by atoms with van der Waals surface area (Å²) in [5.41, 5.74) is 1.45. The van der Waals surface area contributed by atoms with Crippen LogP contribution in [0.25, 0.3) is 10.9 Å². The van der Waals surface area contributed by atoms with Gasteiger partial charge < -0.3 is 4.90 Å². The smallest absolute Gasteiger partial charge is 0.256 e. The molecule has 2 aromatic heterocycles. The van der Waals surface area contributed by atoms with Gasteiger partial charge in [-0.15, -0.1) is 11.3 Å². The number of thiophene rings is 1. The average molecular weight is 285 g/mol. The number of para-hydroxylation sites is 1. The van der Waals surface area contributed by atoms with E-state index in [4.69, 9.17) is 0 Å². The van der Waals surface area contributed by atoms with E-state index in [1.54, 1.807) is 22.4 Å². The van der Waals surface area contributed by atoms with Crippen molar-refractivity contribution in [2.24, 2.45) is 0 Å². The molecule has 0 spiro atoms. The number of amides is 1. The van der Waals surface area contributed by atoms with Gasteiger partial charge in [-0.05, 0) is 24.4 Å². The highest BCUT2D eigenvalue weighted by Gasteiger charge is 2.21. The van der Waals surface area contributed by atoms with Crippen molar-refractivity contribution in [3.63, 3.8) is 0 Å². The van der Waals surface area contributed by atoms with E-state index in [1.165, 1.54) is 4.88 Å². The van der Waals surface area contributed by atoms with Crippen LogP contribution in [-0.4, -0.2) is 28.1 Å². The van der Waals surface area contributed by atoms with Gasteiger partial charge in [0.2, 0.25) is 0 Å². The predicted molar refractivity (Wildman–Crippen MR) is 80.9 cm³/mol. The number of rotatable bonds is 3. The second kappa shape index (κ2) is 5.09. The Bertz CT molecular complexity index is 733. The highest BCUT2D eigenvalue weighted by molar-refractivity contribution is 7.10. The third-order valence-electron chi connectivity index (χ3n) is 3.56. The van der Waals surface area contributed by atoms with Gasteiger partial charge in [-0.25, -0.2) is 0 Å². The Labute approximate surface area is 121 Å². The van der Waals surface area contributed by atoms with E-state index in [0.717, 1.165) is 10.9 Å². The van der Waals surface area contributed by atoms with Gasteiger partial charge in [-0.1, -0.05) is 18.2 Å². The zero-order chi connectivity index (χ0) is 14.1. The summed E-state index contributed by atoms with van der Waals surface area (Å²) in [6.07, 6.45) is 1.73. The van der Waals surface area contributed by atoms with Crippen molar-refractivity contribution in [2.75, 3.05) is 7.05 Å². The van der Waals surface area contributed by atoms with Gasteiger partial charge in [0.15, 0.2) is 0 Å². The number of aromatic amines is 1. The first-order valence-corrected chi connectivity index (χ1v) is 7.29. The lowest BCUT2D eigenvalue weighted by Crippen LogP contribution is -2.29. The second-order valence-electron chi connectivity index (χ2n) is 4.75. The normalized spacial score (nSPS) is 12.5. The van der Waals surface area contributed by atoms with Gasteiger partial charge >= 0.3 is 0 Å². The minimum absolute atomic E-state index is 0.000694. The van der Waals surface area contributed by atoms with Crippen molar-refractivity contribution in [2.45, 2.75) is 13.0 Å². The van der Waals surface area contributed by atoms with E-state index >= 15 is 0 Å². The lowest BCUT2D eigenvalue weighted by atomic mass is 10.1. The number of carbonyl (C=O) groups is 1. The molecular weight excluding hydrogens is 270 g/mol. The Morgan fingerprint density at radius 3 is 2.95 bits per heavy atom. The highest BCUT2D eigenvalue weighted by Crippen LogP contribution is 2.26. The van der Waals surface area contributed by atoms with Crippen LogP contribution in [0, 0.1) is 0 Å². The molecule has 0 aliphatic heterocycles. The fourth-order valence-corrected chi connectivity index (χ4v) is 3.06. The third-order valence-corrected chi connectivity index (χ3v) is 4.61. The van der Waals surface area contributed by atoms with Crippen LogP contribution >= 0.6 is 11.3 Å². The Morgan fingerprint density at radius 2 is 2.20 bits per heavy atom. The SMILES string of the molecule is C[C@@H](c1cccs1)N(C)C(=O)c1cccc2cn[nH]c12. The largest absolute Gasteiger partial charge is 0.334 e. The fourth-order valence-electron chi connectivity index (χ4n) is 2.23. The third kappa shape index (κ3) is 2.10. The molecule has 1 aromatic carbocycles. The molecule has 3 aromatic rings. The van der Waals surface area contributed by atoms with Crippen molar-refractivity contribution in [1.29, 1.82) is 0 Å². The molecule has 0 radical (unpaired) electrons. The number of hydrogen-bond acceptors (Lipinski definition) is 3. The molecule has 0 saturated heterocycles. The summed E-state index contributed by atoms with van der Waals surface area (Å²) in [5, 5.41) is 9.89. The van der Waals surface area contributed by atoms with Crippen LogP contribution in [0.15, 0.2) is 41.9 Å². The van der Waals surface area contributed by atoms with Crippen LogP contribution in [-0.2, 0) is 0 Å². The molecule has 1 N–H and O–H groups in total. The molecule has 0 saturated carbocycles. The van der Waals surface area contributed by atoms with Crippen LogP contribution < -0.4 is 0 Å². The minimum atomic E-state index is 0.000694. The van der Waals surface area contributed by atoms with E-state index in [1.807, 2.05) is 43.6 Å². The molecule has 0 bridgehead atoms. The molecule has 0 unspecified atom stereocenters. The average Bonchev–Trinajstić information content (AvgIpc) is 3.14. The van der Waals surface area contributed by atoms with E-state index in [0.29, 0.717) is 5.56 Å². The molecule has 4 nitrogen and oxygen atoms in total. The molecule has 5 heteroatoms. The van der Waals surface area contributed by atoms with Crippen molar-refractivity contribution < 1.29 is 4.79 Å². The first-order valence-electron chi connectivity index (χ1n) is 6.41. The highest BCUT2D eigenvalue weighted by atomic mass is 32.1. The number of hydrogen-bond donors (Lipinski definition) is 1. The standard InChI is InChI=1S/C15H15N3OS/c1-10(13-7-4-8-20-13)18(2)15(19)12-6-3-5-11-9-16-17-14(11)12/h3-10H,1-2H3,(H,16,17)/t10-/m0/s1. The molecule has 102 valence electrons. The monoisotopic (exact) mass is 285 g/mol. The Kier molecular flexibility index (Phi) is 3.28. The number of fused-ring (bicyclic) bond motifs is 1. The molecule has 0 aliphatic rings. The van der Waals surface area contributed by atoms with Gasteiger partial charge in [0.05, 0.1) is 23.3 Å². The Morgan fingerprint density at radius 1 is 1.35 bits per heavy atom. The van der Waals surface area contributed by atoms with Crippen LogP contribution in [0.1, 0.15) is 28.2 Å². The summed E-state index contributed by atoms with van der Waals surface area (Å²) < 4.78 is 0. The second-order valence-corrected chi connectivity index (χ2v) is 5.73. The molecule has 1 amide bonds. The number of H-pyrrole nitrogens is 1. The summed E-state index contributed by atoms with van der Waals surface area (Å²) in [6, 6.07) is 9.77. The van der Waals surface area contributed by atoms with Crippen molar-refractivity contribution >= 4 is 28.1 Å². The van der Waals surface area contributed by atoms with Crippen LogP contribution in [0.2, 0.25) is 0 Å². The number of nitrogens with zero attached hydrogens (tertiary/aromatic N) is 2. The van der Waals surface area contributed by atoms with Crippen LogP contribution in [0.5, 0.6) is 0 Å². The number of carbonyl (C=O) groups excluding carboxylic acids is 1. The van der Waals surface area contributed by atoms with E-state index < -0.39 is 0 Å². The predicted octanol–water partition coefficient (Wildman–Crippen LogP) is 3.46. The number of aromatic nitrogens is 2.